The van der Waals surface area contributed by atoms with Crippen LogP contribution in [0.5, 0.6) is 0 Å². The zero-order chi connectivity index (χ0) is 17.0. The van der Waals surface area contributed by atoms with Gasteiger partial charge in [0.1, 0.15) is 8.07 Å². The molecule has 0 spiro atoms. The molecule has 1 rings (SSSR count). The Morgan fingerprint density at radius 2 is 1.68 bits per heavy atom. The van der Waals surface area contributed by atoms with E-state index in [9.17, 15) is 4.21 Å². The predicted molar refractivity (Wildman–Crippen MR) is 102 cm³/mol. The fourth-order valence-corrected chi connectivity index (χ4v) is 4.47. The van der Waals surface area contributed by atoms with Gasteiger partial charge in [0.15, 0.2) is 0 Å². The highest BCUT2D eigenvalue weighted by Gasteiger charge is 2.39. The Labute approximate surface area is 141 Å². The summed E-state index contributed by atoms with van der Waals surface area (Å²) in [5, 5.41) is 0. The Hall–Kier alpha value is -0.113. The molecule has 1 unspecified atom stereocenters. The van der Waals surface area contributed by atoms with Crippen molar-refractivity contribution in [1.29, 1.82) is 0 Å². The summed E-state index contributed by atoms with van der Waals surface area (Å²) < 4.78 is 16.0. The van der Waals surface area contributed by atoms with Crippen LogP contribution < -0.4 is 4.72 Å². The first-order valence-corrected chi connectivity index (χ1v) is 13.4. The van der Waals surface area contributed by atoms with Crippen molar-refractivity contribution in [3.05, 3.63) is 0 Å². The van der Waals surface area contributed by atoms with Gasteiger partial charge in [-0.15, -0.1) is 5.54 Å². The zero-order valence-electron chi connectivity index (χ0n) is 15.6. The second-order valence-corrected chi connectivity index (χ2v) is 15.4. The van der Waals surface area contributed by atoms with Crippen molar-refractivity contribution >= 4 is 19.1 Å². The Kier molecular flexibility index (Phi) is 6.92. The number of rotatable bonds is 4. The molecule has 0 aromatic heterocycles. The average molecular weight is 342 g/mol. The lowest BCUT2D eigenvalue weighted by Crippen LogP contribution is -2.54. The molecule has 1 aliphatic rings. The van der Waals surface area contributed by atoms with Gasteiger partial charge in [0, 0.05) is 0 Å². The van der Waals surface area contributed by atoms with Crippen LogP contribution in [0, 0.1) is 17.4 Å². The van der Waals surface area contributed by atoms with Gasteiger partial charge >= 0.3 is 0 Å². The Morgan fingerprint density at radius 1 is 1.14 bits per heavy atom. The van der Waals surface area contributed by atoms with Gasteiger partial charge < -0.3 is 0 Å². The summed E-state index contributed by atoms with van der Waals surface area (Å²) in [4.78, 5) is 0. The van der Waals surface area contributed by atoms with E-state index in [0.29, 0.717) is 5.92 Å². The fourth-order valence-electron chi connectivity index (χ4n) is 2.87. The highest BCUT2D eigenvalue weighted by atomic mass is 32.2. The van der Waals surface area contributed by atoms with Gasteiger partial charge in [-0.05, 0) is 46.0 Å². The third kappa shape index (κ3) is 5.83. The highest BCUT2D eigenvalue weighted by molar-refractivity contribution is 7.84. The molecule has 0 aromatic rings. The number of hydrogen-bond donors (Lipinski definition) is 1. The van der Waals surface area contributed by atoms with Crippen molar-refractivity contribution in [3.8, 4) is 11.5 Å². The van der Waals surface area contributed by atoms with Crippen LogP contribution in [0.3, 0.4) is 0 Å². The third-order valence-electron chi connectivity index (χ3n) is 4.35. The van der Waals surface area contributed by atoms with E-state index in [-0.39, 0.29) is 10.3 Å². The summed E-state index contributed by atoms with van der Waals surface area (Å²) in [6.07, 6.45) is 7.25. The van der Waals surface area contributed by atoms with Gasteiger partial charge in [-0.1, -0.05) is 51.7 Å². The van der Waals surface area contributed by atoms with Crippen molar-refractivity contribution in [1.82, 2.24) is 4.72 Å². The summed E-state index contributed by atoms with van der Waals surface area (Å²) in [5.41, 5.74) is 3.28. The first-order valence-electron chi connectivity index (χ1n) is 8.74. The molecule has 1 fully saturated rings. The minimum Gasteiger partial charge on any atom is -0.242 e. The van der Waals surface area contributed by atoms with Crippen LogP contribution in [0.4, 0.5) is 0 Å². The molecule has 1 aliphatic carbocycles. The van der Waals surface area contributed by atoms with E-state index in [1.807, 2.05) is 20.8 Å². The van der Waals surface area contributed by atoms with Crippen LogP contribution in [-0.4, -0.2) is 22.6 Å². The molecule has 22 heavy (non-hydrogen) atoms. The second-order valence-electron chi connectivity index (χ2n) is 8.64. The van der Waals surface area contributed by atoms with Crippen LogP contribution >= 0.6 is 0 Å². The van der Waals surface area contributed by atoms with E-state index in [1.165, 1.54) is 32.1 Å². The maximum absolute atomic E-state index is 12.7. The van der Waals surface area contributed by atoms with Crippen molar-refractivity contribution in [2.24, 2.45) is 5.92 Å². The molecule has 128 valence electrons. The maximum Gasteiger partial charge on any atom is 0.129 e. The standard InChI is InChI=1S/C18H35NOSSi/c1-8-18(14-15-22(5,6)7,16-12-10-9-11-13-16)19-21(20)17(2,3)4/h16,19H,8-13H2,1-7H3/t18-,21?/m1/s1. The number of nitrogens with one attached hydrogen (secondary N) is 1. The van der Waals surface area contributed by atoms with Crippen LogP contribution in [0.15, 0.2) is 0 Å². The normalized spacial score (nSPS) is 21.6. The molecule has 2 nitrogen and oxygen atoms in total. The van der Waals surface area contributed by atoms with E-state index in [0.717, 1.165) is 6.42 Å². The lowest BCUT2D eigenvalue weighted by atomic mass is 9.74. The molecule has 0 amide bonds. The van der Waals surface area contributed by atoms with E-state index in [2.05, 4.69) is 42.8 Å². The van der Waals surface area contributed by atoms with Crippen molar-refractivity contribution < 1.29 is 4.21 Å². The first-order chi connectivity index (χ1) is 10.0. The van der Waals surface area contributed by atoms with Crippen LogP contribution in [-0.2, 0) is 11.0 Å². The molecule has 0 aliphatic heterocycles. The maximum atomic E-state index is 12.7. The lowest BCUT2D eigenvalue weighted by molar-refractivity contribution is 0.235. The molecule has 0 radical (unpaired) electrons. The van der Waals surface area contributed by atoms with E-state index in [1.54, 1.807) is 0 Å². The minimum absolute atomic E-state index is 0.254. The molecule has 0 aromatic carbocycles. The SMILES string of the molecule is CC[C@](C#C[Si](C)(C)C)(NS(=O)C(C)(C)C)C1CCCCC1. The molecule has 2 atom stereocenters. The zero-order valence-corrected chi connectivity index (χ0v) is 17.5. The van der Waals surface area contributed by atoms with Gasteiger partial charge in [-0.2, -0.15) is 0 Å². The van der Waals surface area contributed by atoms with Gasteiger partial charge in [0.2, 0.25) is 0 Å². The summed E-state index contributed by atoms with van der Waals surface area (Å²) in [5.74, 6) is 4.13. The molecule has 0 heterocycles. The van der Waals surface area contributed by atoms with Crippen molar-refractivity contribution in [2.75, 3.05) is 0 Å². The Balaban J connectivity index is 3.15. The smallest absolute Gasteiger partial charge is 0.129 e. The van der Waals surface area contributed by atoms with E-state index < -0.39 is 19.1 Å². The Morgan fingerprint density at radius 3 is 2.09 bits per heavy atom. The van der Waals surface area contributed by atoms with Gasteiger partial charge in [0.05, 0.1) is 21.3 Å². The van der Waals surface area contributed by atoms with Gasteiger partial charge in [-0.25, -0.2) is 8.93 Å². The fraction of sp³-hybridized carbons (Fsp3) is 0.889. The molecule has 1 N–H and O–H groups in total. The van der Waals surface area contributed by atoms with E-state index in [4.69, 9.17) is 0 Å². The quantitative estimate of drug-likeness (QED) is 0.585. The van der Waals surface area contributed by atoms with Crippen LogP contribution in [0.25, 0.3) is 0 Å². The molecular formula is C18H35NOSSi. The number of hydrogen-bond acceptors (Lipinski definition) is 1. The molecule has 1 saturated carbocycles. The summed E-state index contributed by atoms with van der Waals surface area (Å²) in [6, 6.07) is 0. The van der Waals surface area contributed by atoms with Crippen LogP contribution in [0.2, 0.25) is 19.6 Å². The first kappa shape index (κ1) is 19.9. The average Bonchev–Trinajstić information content (AvgIpc) is 2.42. The monoisotopic (exact) mass is 341 g/mol. The molecule has 0 bridgehead atoms. The highest BCUT2D eigenvalue weighted by Crippen LogP contribution is 2.35. The predicted octanol–water partition coefficient (Wildman–Crippen LogP) is 4.65. The minimum atomic E-state index is -1.44. The molecule has 4 heteroatoms. The Bertz CT molecular complexity index is 446. The molecular weight excluding hydrogens is 306 g/mol. The van der Waals surface area contributed by atoms with Gasteiger partial charge in [-0.3, -0.25) is 0 Å². The van der Waals surface area contributed by atoms with Crippen molar-refractivity contribution in [3.63, 3.8) is 0 Å². The van der Waals surface area contributed by atoms with Crippen LogP contribution in [0.1, 0.15) is 66.2 Å². The van der Waals surface area contributed by atoms with E-state index >= 15 is 0 Å². The van der Waals surface area contributed by atoms with Crippen molar-refractivity contribution in [2.45, 2.75) is 96.1 Å². The summed E-state index contributed by atoms with van der Waals surface area (Å²) >= 11 is 0. The lowest BCUT2D eigenvalue weighted by Gasteiger charge is -2.40. The topological polar surface area (TPSA) is 29.1 Å². The molecule has 0 saturated heterocycles. The van der Waals surface area contributed by atoms with Gasteiger partial charge in [0.25, 0.3) is 0 Å². The summed E-state index contributed by atoms with van der Waals surface area (Å²) in [6.45, 7) is 15.1. The second kappa shape index (κ2) is 7.64. The third-order valence-corrected chi connectivity index (χ3v) is 6.89. The largest absolute Gasteiger partial charge is 0.242 e. The summed E-state index contributed by atoms with van der Waals surface area (Å²) in [7, 11) is -2.52.